The fourth-order valence-corrected chi connectivity index (χ4v) is 1.53. The number of ether oxygens (including phenoxy) is 1. The normalized spacial score (nSPS) is 10.4. The average molecular weight is 273 g/mol. The fraction of sp³-hybridized carbons (Fsp3) is 0.417. The molecule has 0 unspecified atom stereocenters. The summed E-state index contributed by atoms with van der Waals surface area (Å²) >= 11 is 4.05. The van der Waals surface area contributed by atoms with Gasteiger partial charge in [0.2, 0.25) is 0 Å². The van der Waals surface area contributed by atoms with Crippen LogP contribution in [0.15, 0.2) is 23.1 Å². The molecule has 100 valence electrons. The first-order chi connectivity index (χ1) is 8.65. The molecule has 0 spiro atoms. The highest BCUT2D eigenvalue weighted by molar-refractivity contribution is 7.80. The smallest absolute Gasteiger partial charge is 0.254 e. The lowest BCUT2D eigenvalue weighted by atomic mass is 10.2. The molecule has 4 nitrogen and oxygen atoms in total. The molecule has 0 fully saturated rings. The highest BCUT2D eigenvalue weighted by Crippen LogP contribution is 2.13. The molecular formula is C12H16FNO3S. The fourth-order valence-electron chi connectivity index (χ4n) is 1.33. The molecule has 0 aliphatic heterocycles. The van der Waals surface area contributed by atoms with Gasteiger partial charge >= 0.3 is 0 Å². The Morgan fingerprint density at radius 3 is 2.94 bits per heavy atom. The van der Waals surface area contributed by atoms with E-state index in [2.05, 4.69) is 17.9 Å². The Kier molecular flexibility index (Phi) is 6.70. The molecule has 1 aromatic rings. The molecule has 1 rings (SSSR count). The quantitative estimate of drug-likeness (QED) is 0.517. The number of hydrogen-bond donors (Lipinski definition) is 3. The first kappa shape index (κ1) is 14.9. The Morgan fingerprint density at radius 1 is 1.44 bits per heavy atom. The van der Waals surface area contributed by atoms with Gasteiger partial charge in [-0.25, -0.2) is 4.39 Å². The molecule has 0 aromatic heterocycles. The highest BCUT2D eigenvalue weighted by atomic mass is 32.1. The predicted molar refractivity (Wildman–Crippen MR) is 68.5 cm³/mol. The molecule has 0 atom stereocenters. The number of thiol groups is 1. The van der Waals surface area contributed by atoms with E-state index in [0.717, 1.165) is 0 Å². The number of rotatable bonds is 7. The van der Waals surface area contributed by atoms with Gasteiger partial charge in [-0.2, -0.15) is 0 Å². The van der Waals surface area contributed by atoms with Gasteiger partial charge in [-0.1, -0.05) is 0 Å². The number of carbonyl (C=O) groups excluding carboxylic acids is 1. The Hall–Kier alpha value is -1.11. The van der Waals surface area contributed by atoms with E-state index in [0.29, 0.717) is 24.5 Å². The van der Waals surface area contributed by atoms with Gasteiger partial charge in [0.25, 0.3) is 5.91 Å². The van der Waals surface area contributed by atoms with Crippen molar-refractivity contribution in [3.63, 3.8) is 0 Å². The number of hydrogen-bond acceptors (Lipinski definition) is 4. The maximum Gasteiger partial charge on any atom is 0.254 e. The number of benzene rings is 1. The van der Waals surface area contributed by atoms with E-state index in [4.69, 9.17) is 9.84 Å². The largest absolute Gasteiger partial charge is 0.394 e. The van der Waals surface area contributed by atoms with Gasteiger partial charge in [-0.05, 0) is 24.6 Å². The van der Waals surface area contributed by atoms with Crippen LogP contribution in [0.25, 0.3) is 0 Å². The number of aliphatic hydroxyl groups excluding tert-OH is 1. The van der Waals surface area contributed by atoms with Crippen LogP contribution in [0.2, 0.25) is 0 Å². The summed E-state index contributed by atoms with van der Waals surface area (Å²) in [5.41, 5.74) is -0.0150. The molecular weight excluding hydrogens is 257 g/mol. The molecule has 0 aliphatic carbocycles. The minimum Gasteiger partial charge on any atom is -0.394 e. The molecule has 0 radical (unpaired) electrons. The van der Waals surface area contributed by atoms with E-state index in [1.54, 1.807) is 0 Å². The summed E-state index contributed by atoms with van der Waals surface area (Å²) in [6.07, 6.45) is 0.605. The van der Waals surface area contributed by atoms with Crippen LogP contribution in [0.5, 0.6) is 0 Å². The SMILES string of the molecule is O=C(NCCCOCCO)c1cc(S)ccc1F. The molecule has 6 heteroatoms. The summed E-state index contributed by atoms with van der Waals surface area (Å²) in [6.45, 7) is 1.09. The summed E-state index contributed by atoms with van der Waals surface area (Å²) in [4.78, 5) is 12.2. The third-order valence-electron chi connectivity index (χ3n) is 2.18. The lowest BCUT2D eigenvalue weighted by Gasteiger charge is -2.07. The molecule has 0 heterocycles. The summed E-state index contributed by atoms with van der Waals surface area (Å²) in [5.74, 6) is -1.03. The number of nitrogens with one attached hydrogen (secondary N) is 1. The van der Waals surface area contributed by atoms with E-state index in [1.165, 1.54) is 18.2 Å². The second-order valence-electron chi connectivity index (χ2n) is 3.61. The number of amides is 1. The Balaban J connectivity index is 2.34. The van der Waals surface area contributed by atoms with Crippen LogP contribution < -0.4 is 5.32 Å². The van der Waals surface area contributed by atoms with Gasteiger partial charge in [-0.15, -0.1) is 12.6 Å². The third kappa shape index (κ3) is 5.03. The van der Waals surface area contributed by atoms with Crippen molar-refractivity contribution in [1.82, 2.24) is 5.32 Å². The van der Waals surface area contributed by atoms with Gasteiger partial charge in [0.15, 0.2) is 0 Å². The Labute approximate surface area is 111 Å². The predicted octanol–water partition coefficient (Wildman–Crippen LogP) is 1.24. The van der Waals surface area contributed by atoms with Gasteiger partial charge in [0.05, 0.1) is 18.8 Å². The van der Waals surface area contributed by atoms with Crippen LogP contribution in [0.1, 0.15) is 16.8 Å². The van der Waals surface area contributed by atoms with E-state index >= 15 is 0 Å². The van der Waals surface area contributed by atoms with Crippen LogP contribution in [-0.4, -0.2) is 37.4 Å². The molecule has 0 aliphatic rings. The van der Waals surface area contributed by atoms with Crippen LogP contribution >= 0.6 is 12.6 Å². The topological polar surface area (TPSA) is 58.6 Å². The molecule has 0 saturated carbocycles. The van der Waals surface area contributed by atoms with Crippen molar-refractivity contribution in [3.05, 3.63) is 29.6 Å². The van der Waals surface area contributed by atoms with E-state index in [1.807, 2.05) is 0 Å². The number of carbonyl (C=O) groups is 1. The van der Waals surface area contributed by atoms with Crippen molar-refractivity contribution in [3.8, 4) is 0 Å². The van der Waals surface area contributed by atoms with Gasteiger partial charge in [0.1, 0.15) is 5.82 Å². The zero-order valence-electron chi connectivity index (χ0n) is 9.86. The first-order valence-corrected chi connectivity index (χ1v) is 6.05. The lowest BCUT2D eigenvalue weighted by molar-refractivity contribution is 0.0866. The number of halogens is 1. The standard InChI is InChI=1S/C12H16FNO3S/c13-11-3-2-9(18)8-10(11)12(16)14-4-1-6-17-7-5-15/h2-3,8,15,18H,1,4-7H2,(H,14,16). The van der Waals surface area contributed by atoms with Crippen LogP contribution in [-0.2, 0) is 4.74 Å². The highest BCUT2D eigenvalue weighted by Gasteiger charge is 2.10. The first-order valence-electron chi connectivity index (χ1n) is 5.60. The summed E-state index contributed by atoms with van der Waals surface area (Å²) in [5, 5.41) is 11.1. The minimum absolute atomic E-state index is 0.0150. The van der Waals surface area contributed by atoms with E-state index in [9.17, 15) is 9.18 Å². The van der Waals surface area contributed by atoms with E-state index in [-0.39, 0.29) is 18.8 Å². The lowest BCUT2D eigenvalue weighted by Crippen LogP contribution is -2.26. The summed E-state index contributed by atoms with van der Waals surface area (Å²) in [7, 11) is 0. The summed E-state index contributed by atoms with van der Waals surface area (Å²) in [6, 6.07) is 4.08. The molecule has 2 N–H and O–H groups in total. The zero-order chi connectivity index (χ0) is 13.4. The van der Waals surface area contributed by atoms with Crippen molar-refractivity contribution in [2.75, 3.05) is 26.4 Å². The van der Waals surface area contributed by atoms with Crippen molar-refractivity contribution >= 4 is 18.5 Å². The maximum absolute atomic E-state index is 13.3. The third-order valence-corrected chi connectivity index (χ3v) is 2.46. The molecule has 0 saturated heterocycles. The Bertz CT molecular complexity index is 401. The van der Waals surface area contributed by atoms with Gasteiger partial charge < -0.3 is 15.2 Å². The van der Waals surface area contributed by atoms with Crippen molar-refractivity contribution in [2.45, 2.75) is 11.3 Å². The second kappa shape index (κ2) is 8.07. The minimum atomic E-state index is -0.568. The molecule has 1 aromatic carbocycles. The van der Waals surface area contributed by atoms with Crippen molar-refractivity contribution < 1.29 is 19.0 Å². The van der Waals surface area contributed by atoms with Crippen molar-refractivity contribution in [2.24, 2.45) is 0 Å². The molecule has 1 amide bonds. The van der Waals surface area contributed by atoms with Gasteiger partial charge in [0, 0.05) is 18.0 Å². The van der Waals surface area contributed by atoms with E-state index < -0.39 is 11.7 Å². The average Bonchev–Trinajstić information content (AvgIpc) is 2.36. The maximum atomic E-state index is 13.3. The number of aliphatic hydroxyl groups is 1. The molecule has 18 heavy (non-hydrogen) atoms. The Morgan fingerprint density at radius 2 is 2.22 bits per heavy atom. The van der Waals surface area contributed by atoms with Crippen molar-refractivity contribution in [1.29, 1.82) is 0 Å². The van der Waals surface area contributed by atoms with Crippen LogP contribution in [0.3, 0.4) is 0 Å². The molecule has 0 bridgehead atoms. The second-order valence-corrected chi connectivity index (χ2v) is 4.13. The summed E-state index contributed by atoms with van der Waals surface area (Å²) < 4.78 is 18.4. The monoisotopic (exact) mass is 273 g/mol. The zero-order valence-corrected chi connectivity index (χ0v) is 10.8. The van der Waals surface area contributed by atoms with Crippen LogP contribution in [0.4, 0.5) is 4.39 Å². The van der Waals surface area contributed by atoms with Crippen LogP contribution in [0, 0.1) is 5.82 Å². The van der Waals surface area contributed by atoms with Gasteiger partial charge in [-0.3, -0.25) is 4.79 Å².